The van der Waals surface area contributed by atoms with Crippen molar-refractivity contribution in [1.29, 1.82) is 0 Å². The predicted molar refractivity (Wildman–Crippen MR) is 106 cm³/mol. The van der Waals surface area contributed by atoms with Gasteiger partial charge in [-0.25, -0.2) is 4.98 Å². The van der Waals surface area contributed by atoms with Gasteiger partial charge in [0.1, 0.15) is 5.01 Å². The van der Waals surface area contributed by atoms with Crippen molar-refractivity contribution in [3.63, 3.8) is 0 Å². The van der Waals surface area contributed by atoms with E-state index >= 15 is 0 Å². The number of hydrogen-bond donors (Lipinski definition) is 2. The van der Waals surface area contributed by atoms with E-state index in [2.05, 4.69) is 31.1 Å². The van der Waals surface area contributed by atoms with Crippen LogP contribution in [0, 0.1) is 5.92 Å². The van der Waals surface area contributed by atoms with Crippen molar-refractivity contribution in [2.45, 2.75) is 65.3 Å². The lowest BCUT2D eigenvalue weighted by molar-refractivity contribution is 0.253. The van der Waals surface area contributed by atoms with Crippen LogP contribution in [0.15, 0.2) is 4.99 Å². The number of aliphatic hydroxyl groups excluding tert-OH is 1. The van der Waals surface area contributed by atoms with Crippen LogP contribution < -0.4 is 5.32 Å². The highest BCUT2D eigenvalue weighted by molar-refractivity contribution is 7.11. The van der Waals surface area contributed by atoms with Crippen LogP contribution in [-0.4, -0.2) is 47.7 Å². The van der Waals surface area contributed by atoms with Crippen LogP contribution in [-0.2, 0) is 19.4 Å². The van der Waals surface area contributed by atoms with Gasteiger partial charge in [-0.05, 0) is 51.4 Å². The zero-order valence-corrected chi connectivity index (χ0v) is 16.9. The lowest BCUT2D eigenvalue weighted by Crippen LogP contribution is -2.38. The van der Waals surface area contributed by atoms with Crippen LogP contribution in [0.4, 0.5) is 0 Å². The summed E-state index contributed by atoms with van der Waals surface area (Å²) in [5.74, 6) is 1.40. The van der Waals surface area contributed by atoms with E-state index < -0.39 is 0 Å². The fraction of sp³-hybridized carbons (Fsp3) is 0.789. The highest BCUT2D eigenvalue weighted by Crippen LogP contribution is 2.27. The minimum absolute atomic E-state index is 0.247. The van der Waals surface area contributed by atoms with E-state index in [-0.39, 0.29) is 6.61 Å². The van der Waals surface area contributed by atoms with Crippen molar-refractivity contribution in [3.8, 4) is 0 Å². The van der Waals surface area contributed by atoms with E-state index in [1.54, 1.807) is 0 Å². The van der Waals surface area contributed by atoms with Crippen molar-refractivity contribution in [2.24, 2.45) is 10.9 Å². The summed E-state index contributed by atoms with van der Waals surface area (Å²) in [6, 6.07) is 0. The molecule has 25 heavy (non-hydrogen) atoms. The van der Waals surface area contributed by atoms with Crippen LogP contribution in [0.1, 0.15) is 61.5 Å². The zero-order valence-electron chi connectivity index (χ0n) is 16.1. The zero-order chi connectivity index (χ0) is 18.1. The van der Waals surface area contributed by atoms with Gasteiger partial charge >= 0.3 is 0 Å². The molecule has 0 aliphatic heterocycles. The van der Waals surface area contributed by atoms with Gasteiger partial charge < -0.3 is 15.3 Å². The third kappa shape index (κ3) is 6.26. The number of nitrogens with one attached hydrogen (secondary N) is 1. The molecule has 1 aliphatic rings. The van der Waals surface area contributed by atoms with Gasteiger partial charge in [0.2, 0.25) is 0 Å². The second-order valence-corrected chi connectivity index (χ2v) is 8.07. The summed E-state index contributed by atoms with van der Waals surface area (Å²) >= 11 is 1.87. The Labute approximate surface area is 156 Å². The molecule has 142 valence electrons. The third-order valence-corrected chi connectivity index (χ3v) is 5.83. The first-order valence-corrected chi connectivity index (χ1v) is 10.6. The molecule has 5 nitrogen and oxygen atoms in total. The van der Waals surface area contributed by atoms with E-state index in [9.17, 15) is 5.11 Å². The Morgan fingerprint density at radius 2 is 2.12 bits per heavy atom. The molecule has 1 unspecified atom stereocenters. The summed E-state index contributed by atoms with van der Waals surface area (Å²) < 4.78 is 0. The molecule has 0 saturated carbocycles. The molecular formula is C19H34N4OS. The number of thiazole rings is 1. The van der Waals surface area contributed by atoms with Crippen LogP contribution >= 0.6 is 11.3 Å². The fourth-order valence-corrected chi connectivity index (χ4v) is 4.56. The largest absolute Gasteiger partial charge is 0.396 e. The number of aromatic nitrogens is 1. The molecule has 1 aliphatic carbocycles. The molecule has 1 aromatic heterocycles. The summed E-state index contributed by atoms with van der Waals surface area (Å²) in [5, 5.41) is 13.8. The van der Waals surface area contributed by atoms with E-state index in [0.29, 0.717) is 5.92 Å². The SMILES string of the molecule is CCCC(CCO)CN=C(NCC)N(C)Cc1nc2c(s1)CCCC2. The minimum Gasteiger partial charge on any atom is -0.396 e. The molecule has 2 rings (SSSR count). The van der Waals surface area contributed by atoms with E-state index in [0.717, 1.165) is 51.3 Å². The third-order valence-electron chi connectivity index (χ3n) is 4.69. The molecule has 0 amide bonds. The van der Waals surface area contributed by atoms with Crippen molar-refractivity contribution in [2.75, 3.05) is 26.7 Å². The monoisotopic (exact) mass is 366 g/mol. The first-order chi connectivity index (χ1) is 12.2. The van der Waals surface area contributed by atoms with Crippen molar-refractivity contribution in [1.82, 2.24) is 15.2 Å². The average molecular weight is 367 g/mol. The van der Waals surface area contributed by atoms with Crippen LogP contribution in [0.25, 0.3) is 0 Å². The second kappa shape index (κ2) is 10.8. The van der Waals surface area contributed by atoms with Crippen molar-refractivity contribution in [3.05, 3.63) is 15.6 Å². The van der Waals surface area contributed by atoms with Gasteiger partial charge in [0.05, 0.1) is 12.2 Å². The molecule has 6 heteroatoms. The number of nitrogens with zero attached hydrogens (tertiary/aromatic N) is 3. The van der Waals surface area contributed by atoms with Crippen LogP contribution in [0.3, 0.4) is 0 Å². The summed E-state index contributed by atoms with van der Waals surface area (Å²) in [4.78, 5) is 13.3. The summed E-state index contributed by atoms with van der Waals surface area (Å²) in [6.07, 6.45) is 8.01. The number of aryl methyl sites for hydroxylation is 2. The number of fused-ring (bicyclic) bond motifs is 1. The van der Waals surface area contributed by atoms with Crippen LogP contribution in [0.2, 0.25) is 0 Å². The van der Waals surface area contributed by atoms with Crippen molar-refractivity contribution < 1.29 is 5.11 Å². The standard InChI is InChI=1S/C19H34N4OS/c1-4-8-15(11-12-24)13-21-19(20-5-2)23(3)14-18-22-16-9-6-7-10-17(16)25-18/h15,24H,4-14H2,1-3H3,(H,20,21). The Morgan fingerprint density at radius 1 is 1.32 bits per heavy atom. The average Bonchev–Trinajstić information content (AvgIpc) is 3.00. The Bertz CT molecular complexity index is 514. The van der Waals surface area contributed by atoms with Gasteiger partial charge in [-0.2, -0.15) is 0 Å². The van der Waals surface area contributed by atoms with Crippen molar-refractivity contribution >= 4 is 17.3 Å². The lowest BCUT2D eigenvalue weighted by Gasteiger charge is -2.22. The lowest BCUT2D eigenvalue weighted by atomic mass is 10.0. The molecule has 2 N–H and O–H groups in total. The number of rotatable bonds is 9. The van der Waals surface area contributed by atoms with Gasteiger partial charge in [-0.15, -0.1) is 11.3 Å². The number of aliphatic imine (C=N–C) groups is 1. The molecule has 0 aromatic carbocycles. The number of aliphatic hydroxyl groups is 1. The second-order valence-electron chi connectivity index (χ2n) is 6.90. The summed E-state index contributed by atoms with van der Waals surface area (Å²) in [6.45, 7) is 6.98. The normalized spacial score (nSPS) is 15.8. The molecule has 0 spiro atoms. The molecule has 0 fully saturated rings. The highest BCUT2D eigenvalue weighted by Gasteiger charge is 2.17. The molecule has 0 radical (unpaired) electrons. The Hall–Kier alpha value is -1.14. The highest BCUT2D eigenvalue weighted by atomic mass is 32.1. The maximum atomic E-state index is 9.23. The maximum absolute atomic E-state index is 9.23. The Balaban J connectivity index is 1.99. The molecule has 1 aromatic rings. The van der Waals surface area contributed by atoms with Gasteiger partial charge in [-0.1, -0.05) is 13.3 Å². The van der Waals surface area contributed by atoms with Gasteiger partial charge in [0.25, 0.3) is 0 Å². The molecule has 0 saturated heterocycles. The summed E-state index contributed by atoms with van der Waals surface area (Å²) in [7, 11) is 2.09. The Morgan fingerprint density at radius 3 is 2.80 bits per heavy atom. The maximum Gasteiger partial charge on any atom is 0.194 e. The van der Waals surface area contributed by atoms with Crippen LogP contribution in [0.5, 0.6) is 0 Å². The first-order valence-electron chi connectivity index (χ1n) is 9.75. The van der Waals surface area contributed by atoms with Gasteiger partial charge in [0.15, 0.2) is 5.96 Å². The smallest absolute Gasteiger partial charge is 0.194 e. The summed E-state index contributed by atoms with van der Waals surface area (Å²) in [5.41, 5.74) is 1.33. The van der Waals surface area contributed by atoms with E-state index in [1.807, 2.05) is 11.3 Å². The molecule has 1 heterocycles. The molecule has 0 bridgehead atoms. The Kier molecular flexibility index (Phi) is 8.68. The van der Waals surface area contributed by atoms with E-state index in [4.69, 9.17) is 9.98 Å². The quantitative estimate of drug-likeness (QED) is 0.520. The van der Waals surface area contributed by atoms with E-state index in [1.165, 1.54) is 34.8 Å². The molecule has 1 atom stereocenters. The fourth-order valence-electron chi connectivity index (χ4n) is 3.35. The predicted octanol–water partition coefficient (Wildman–Crippen LogP) is 3.22. The number of guanidine groups is 1. The molecular weight excluding hydrogens is 332 g/mol. The topological polar surface area (TPSA) is 60.8 Å². The van der Waals surface area contributed by atoms with Gasteiger partial charge in [0, 0.05) is 31.6 Å². The minimum atomic E-state index is 0.247. The number of hydrogen-bond acceptors (Lipinski definition) is 4. The van der Waals surface area contributed by atoms with Gasteiger partial charge in [-0.3, -0.25) is 4.99 Å². The first kappa shape index (κ1) is 20.2.